The molecule has 8 heteroatoms. The van der Waals surface area contributed by atoms with E-state index in [2.05, 4.69) is 56.3 Å². The number of nitrogens with one attached hydrogen (secondary N) is 2. The van der Waals surface area contributed by atoms with Crippen molar-refractivity contribution in [2.45, 2.75) is 25.9 Å². The molecule has 7 nitrogen and oxygen atoms in total. The highest BCUT2D eigenvalue weighted by molar-refractivity contribution is 7.80. The third-order valence-corrected chi connectivity index (χ3v) is 6.87. The number of methoxy groups -OCH3 is 1. The summed E-state index contributed by atoms with van der Waals surface area (Å²) in [5.74, 6) is -0.194. The Balaban J connectivity index is 1.61. The minimum absolute atomic E-state index is 0.00494. The number of carbonyl (C=O) groups is 1. The van der Waals surface area contributed by atoms with Crippen LogP contribution in [0.3, 0.4) is 0 Å². The molecule has 0 radical (unpaired) electrons. The van der Waals surface area contributed by atoms with Gasteiger partial charge >= 0.3 is 0 Å². The van der Waals surface area contributed by atoms with Crippen molar-refractivity contribution in [2.24, 2.45) is 0 Å². The van der Waals surface area contributed by atoms with Crippen LogP contribution in [0.1, 0.15) is 34.7 Å². The van der Waals surface area contributed by atoms with Gasteiger partial charge in [-0.1, -0.05) is 24.3 Å². The number of ether oxygens (including phenoxy) is 1. The monoisotopic (exact) mass is 511 g/mol. The third kappa shape index (κ3) is 4.85. The molecule has 5 rings (SSSR count). The second-order valence-electron chi connectivity index (χ2n) is 9.05. The van der Waals surface area contributed by atoms with Crippen molar-refractivity contribution in [3.05, 3.63) is 108 Å². The quantitative estimate of drug-likeness (QED) is 0.330. The van der Waals surface area contributed by atoms with Gasteiger partial charge in [0.05, 0.1) is 11.7 Å². The van der Waals surface area contributed by atoms with Crippen molar-refractivity contribution in [3.63, 3.8) is 0 Å². The predicted molar refractivity (Wildman–Crippen MR) is 150 cm³/mol. The van der Waals surface area contributed by atoms with Crippen LogP contribution in [0.5, 0.6) is 0 Å². The van der Waals surface area contributed by atoms with Crippen molar-refractivity contribution < 1.29 is 9.53 Å². The Labute approximate surface area is 222 Å². The first kappa shape index (κ1) is 24.7. The summed E-state index contributed by atoms with van der Waals surface area (Å²) in [6.07, 6.45) is 1.81. The van der Waals surface area contributed by atoms with E-state index in [1.54, 1.807) is 0 Å². The lowest BCUT2D eigenvalue weighted by atomic mass is 10.00. The maximum Gasteiger partial charge on any atom is 0.250 e. The van der Waals surface area contributed by atoms with E-state index in [1.807, 2.05) is 67.7 Å². The zero-order chi connectivity index (χ0) is 25.9. The van der Waals surface area contributed by atoms with Crippen molar-refractivity contribution in [2.75, 3.05) is 23.9 Å². The number of rotatable bonds is 7. The van der Waals surface area contributed by atoms with Crippen LogP contribution in [0.2, 0.25) is 0 Å². The normalized spacial score (nSPS) is 17.1. The van der Waals surface area contributed by atoms with Crippen LogP contribution in [0.15, 0.2) is 85.1 Å². The first-order chi connectivity index (χ1) is 18.0. The van der Waals surface area contributed by atoms with Crippen LogP contribution in [0.25, 0.3) is 5.69 Å². The van der Waals surface area contributed by atoms with Crippen LogP contribution in [0, 0.1) is 13.8 Å². The highest BCUT2D eigenvalue weighted by atomic mass is 32.1. The first-order valence-electron chi connectivity index (χ1n) is 12.1. The Morgan fingerprint density at radius 3 is 2.51 bits per heavy atom. The SMILES string of the molecule is COCC(=O)Nc1ccc(N2C(=S)N[C@H](c3ccccn3)[C@H]2c2ccc(C)n2-c2ccccc2)cc1C. The van der Waals surface area contributed by atoms with Gasteiger partial charge < -0.3 is 24.8 Å². The molecule has 188 valence electrons. The largest absolute Gasteiger partial charge is 0.375 e. The van der Waals surface area contributed by atoms with Crippen molar-refractivity contribution >= 4 is 34.6 Å². The molecule has 2 atom stereocenters. The summed E-state index contributed by atoms with van der Waals surface area (Å²) in [7, 11) is 1.50. The summed E-state index contributed by atoms with van der Waals surface area (Å²) in [5, 5.41) is 7.06. The number of amides is 1. The van der Waals surface area contributed by atoms with E-state index >= 15 is 0 Å². The number of benzene rings is 2. The molecular weight excluding hydrogens is 482 g/mol. The van der Waals surface area contributed by atoms with Gasteiger partial charge in [-0.05, 0) is 86.2 Å². The molecule has 2 N–H and O–H groups in total. The first-order valence-corrected chi connectivity index (χ1v) is 12.5. The number of carbonyl (C=O) groups excluding carboxylic acids is 1. The lowest BCUT2D eigenvalue weighted by Gasteiger charge is -2.30. The van der Waals surface area contributed by atoms with Gasteiger partial charge in [0.25, 0.3) is 0 Å². The Kier molecular flexibility index (Phi) is 7.03. The highest BCUT2D eigenvalue weighted by Crippen LogP contribution is 2.43. The summed E-state index contributed by atoms with van der Waals surface area (Å²) in [6, 6.07) is 26.2. The number of aryl methyl sites for hydroxylation is 2. The molecule has 3 heterocycles. The third-order valence-electron chi connectivity index (χ3n) is 6.56. The average molecular weight is 512 g/mol. The van der Waals surface area contributed by atoms with Crippen LogP contribution in [-0.2, 0) is 9.53 Å². The molecule has 2 aromatic carbocycles. The molecule has 1 fully saturated rings. The van der Waals surface area contributed by atoms with Gasteiger partial charge in [-0.15, -0.1) is 0 Å². The maximum absolute atomic E-state index is 12.1. The highest BCUT2D eigenvalue weighted by Gasteiger charge is 2.42. The lowest BCUT2D eigenvalue weighted by molar-refractivity contribution is -0.119. The van der Waals surface area contributed by atoms with E-state index in [4.69, 9.17) is 17.0 Å². The van der Waals surface area contributed by atoms with Gasteiger partial charge in [-0.2, -0.15) is 0 Å². The topological polar surface area (TPSA) is 71.4 Å². The zero-order valence-electron chi connectivity index (χ0n) is 21.0. The predicted octanol–water partition coefficient (Wildman–Crippen LogP) is 5.25. The number of hydrogen-bond acceptors (Lipinski definition) is 4. The zero-order valence-corrected chi connectivity index (χ0v) is 21.8. The van der Waals surface area contributed by atoms with Gasteiger partial charge in [-0.25, -0.2) is 0 Å². The smallest absolute Gasteiger partial charge is 0.250 e. The number of para-hydroxylation sites is 1. The number of aromatic nitrogens is 2. The molecule has 1 aliphatic rings. The van der Waals surface area contributed by atoms with Crippen molar-refractivity contribution in [1.29, 1.82) is 0 Å². The second kappa shape index (κ2) is 10.5. The minimum atomic E-state index is -0.194. The van der Waals surface area contributed by atoms with Gasteiger partial charge in [-0.3, -0.25) is 9.78 Å². The molecule has 1 aliphatic heterocycles. The Hall–Kier alpha value is -4.01. The van der Waals surface area contributed by atoms with Gasteiger partial charge in [0.2, 0.25) is 5.91 Å². The number of hydrogen-bond donors (Lipinski definition) is 2. The Morgan fingerprint density at radius 2 is 1.81 bits per heavy atom. The molecule has 1 saturated heterocycles. The summed E-state index contributed by atoms with van der Waals surface area (Å²) < 4.78 is 7.22. The van der Waals surface area contributed by atoms with Crippen molar-refractivity contribution in [1.82, 2.24) is 14.9 Å². The molecular formula is C29H29N5O2S. The standard InChI is InChI=1S/C29H29N5O2S/c1-19-17-22(13-14-23(19)31-26(35)18-36-3)34-28(27(32-29(34)37)24-11-7-8-16-30-24)25-15-12-20(2)33(25)21-9-5-4-6-10-21/h4-17,27-28H,18H2,1-3H3,(H,31,35)(H,32,37)/t27-,28-/m1/s1. The summed E-state index contributed by atoms with van der Waals surface area (Å²) in [4.78, 5) is 18.9. The fourth-order valence-electron chi connectivity index (χ4n) is 4.91. The summed E-state index contributed by atoms with van der Waals surface area (Å²) in [5.41, 5.74) is 6.83. The molecule has 37 heavy (non-hydrogen) atoms. The number of pyridine rings is 1. The number of anilines is 2. The molecule has 0 saturated carbocycles. The second-order valence-corrected chi connectivity index (χ2v) is 9.43. The van der Waals surface area contributed by atoms with Crippen LogP contribution < -0.4 is 15.5 Å². The van der Waals surface area contributed by atoms with Crippen LogP contribution >= 0.6 is 12.2 Å². The molecule has 0 spiro atoms. The van der Waals surface area contributed by atoms with Gasteiger partial charge in [0.15, 0.2) is 5.11 Å². The van der Waals surface area contributed by atoms with E-state index in [0.29, 0.717) is 5.11 Å². The summed E-state index contributed by atoms with van der Waals surface area (Å²) in [6.45, 7) is 4.09. The molecule has 4 aromatic rings. The summed E-state index contributed by atoms with van der Waals surface area (Å²) >= 11 is 5.92. The van der Waals surface area contributed by atoms with E-state index in [9.17, 15) is 4.79 Å². The van der Waals surface area contributed by atoms with Crippen molar-refractivity contribution in [3.8, 4) is 5.69 Å². The molecule has 1 amide bonds. The van der Waals surface area contributed by atoms with Crippen LogP contribution in [0.4, 0.5) is 11.4 Å². The van der Waals surface area contributed by atoms with Gasteiger partial charge in [0.1, 0.15) is 12.6 Å². The van der Waals surface area contributed by atoms with Gasteiger partial charge in [0, 0.05) is 41.8 Å². The van der Waals surface area contributed by atoms with E-state index < -0.39 is 0 Å². The van der Waals surface area contributed by atoms with E-state index in [1.165, 1.54) is 7.11 Å². The van der Waals surface area contributed by atoms with E-state index in [-0.39, 0.29) is 24.6 Å². The lowest BCUT2D eigenvalue weighted by Crippen LogP contribution is -2.30. The van der Waals surface area contributed by atoms with Crippen LogP contribution in [-0.4, -0.2) is 34.3 Å². The molecule has 0 aliphatic carbocycles. The maximum atomic E-state index is 12.1. The average Bonchev–Trinajstić information content (AvgIpc) is 3.45. The fraction of sp³-hybridized carbons (Fsp3) is 0.207. The number of nitrogens with zero attached hydrogens (tertiary/aromatic N) is 3. The number of thiocarbonyl (C=S) groups is 1. The Morgan fingerprint density at radius 1 is 1.03 bits per heavy atom. The fourth-order valence-corrected chi connectivity index (χ4v) is 5.25. The molecule has 0 bridgehead atoms. The minimum Gasteiger partial charge on any atom is -0.375 e. The van der Waals surface area contributed by atoms with E-state index in [0.717, 1.165) is 39.7 Å². The molecule has 0 unspecified atom stereocenters. The molecule has 2 aromatic heterocycles. The Bertz CT molecular complexity index is 1420.